The van der Waals surface area contributed by atoms with Gasteiger partial charge in [0.2, 0.25) is 0 Å². The standard InChI is InChI=1S/C17H21N3.C2H5N.C2H6/c1-4-16-15(11-13(2)5-8-18)7-10-20(16)17-12-19-9-6-14(17)3;1-3-2;1-2/h4-12,15-16H,1,18H2,2-3H3;1H2,2H3;1-2H3/b8-5+,13-11+;;. The van der Waals surface area contributed by atoms with Gasteiger partial charge in [-0.25, -0.2) is 0 Å². The van der Waals surface area contributed by atoms with Crippen LogP contribution in [-0.4, -0.2) is 24.8 Å². The second-order valence-corrected chi connectivity index (χ2v) is 5.30. The molecule has 4 nitrogen and oxygen atoms in total. The van der Waals surface area contributed by atoms with Crippen LogP contribution < -0.4 is 10.6 Å². The zero-order valence-electron chi connectivity index (χ0n) is 16.2. The van der Waals surface area contributed by atoms with Gasteiger partial charge in [0.25, 0.3) is 0 Å². The average molecular weight is 341 g/mol. The number of nitrogens with zero attached hydrogens (tertiary/aromatic N) is 3. The molecule has 1 aromatic rings. The predicted molar refractivity (Wildman–Crippen MR) is 112 cm³/mol. The SMILES string of the molecule is C=CC1C(/C=C(C)/C=C/N)C=CN1c1cnccc1C.C=NC.CC. The molecule has 2 heterocycles. The molecule has 0 spiro atoms. The van der Waals surface area contributed by atoms with Crippen molar-refractivity contribution in [2.75, 3.05) is 11.9 Å². The lowest BCUT2D eigenvalue weighted by atomic mass is 9.98. The normalized spacial score (nSPS) is 18.9. The van der Waals surface area contributed by atoms with Crippen molar-refractivity contribution in [3.63, 3.8) is 0 Å². The highest BCUT2D eigenvalue weighted by Crippen LogP contribution is 2.31. The van der Waals surface area contributed by atoms with Crippen LogP contribution in [0, 0.1) is 12.8 Å². The summed E-state index contributed by atoms with van der Waals surface area (Å²) in [4.78, 5) is 9.69. The number of aromatic nitrogens is 1. The van der Waals surface area contributed by atoms with Crippen molar-refractivity contribution < 1.29 is 0 Å². The smallest absolute Gasteiger partial charge is 0.0628 e. The van der Waals surface area contributed by atoms with E-state index in [9.17, 15) is 0 Å². The molecule has 2 N–H and O–H groups in total. The highest BCUT2D eigenvalue weighted by molar-refractivity contribution is 5.58. The summed E-state index contributed by atoms with van der Waals surface area (Å²) in [6.07, 6.45) is 15.7. The Bertz CT molecular complexity index is 614. The minimum Gasteiger partial charge on any atom is -0.405 e. The van der Waals surface area contributed by atoms with Gasteiger partial charge in [0, 0.05) is 25.4 Å². The van der Waals surface area contributed by atoms with E-state index in [0.29, 0.717) is 5.92 Å². The third-order valence-corrected chi connectivity index (χ3v) is 3.53. The molecule has 4 heteroatoms. The quantitative estimate of drug-likeness (QED) is 0.493. The molecular weight excluding hydrogens is 308 g/mol. The molecule has 1 aliphatic heterocycles. The van der Waals surface area contributed by atoms with Crippen LogP contribution >= 0.6 is 0 Å². The molecule has 0 bridgehead atoms. The molecule has 0 aromatic carbocycles. The maximum absolute atomic E-state index is 5.43. The molecule has 2 atom stereocenters. The molecule has 0 saturated heterocycles. The fraction of sp³-hybridized carbons (Fsp3) is 0.333. The van der Waals surface area contributed by atoms with Crippen LogP contribution in [0.5, 0.6) is 0 Å². The topological polar surface area (TPSA) is 54.5 Å². The van der Waals surface area contributed by atoms with E-state index in [0.717, 1.165) is 11.3 Å². The summed E-state index contributed by atoms with van der Waals surface area (Å²) < 4.78 is 0. The van der Waals surface area contributed by atoms with E-state index in [1.807, 2.05) is 44.5 Å². The second-order valence-electron chi connectivity index (χ2n) is 5.30. The molecule has 0 amide bonds. The fourth-order valence-electron chi connectivity index (χ4n) is 2.49. The second kappa shape index (κ2) is 12.8. The summed E-state index contributed by atoms with van der Waals surface area (Å²) in [5, 5.41) is 0. The third kappa shape index (κ3) is 6.79. The van der Waals surface area contributed by atoms with Crippen molar-refractivity contribution in [2.24, 2.45) is 16.6 Å². The van der Waals surface area contributed by atoms with Crippen molar-refractivity contribution in [2.45, 2.75) is 33.7 Å². The van der Waals surface area contributed by atoms with E-state index >= 15 is 0 Å². The molecular formula is C21H32N4. The monoisotopic (exact) mass is 340 g/mol. The molecule has 1 aliphatic rings. The predicted octanol–water partition coefficient (Wildman–Crippen LogP) is 4.66. The van der Waals surface area contributed by atoms with Gasteiger partial charge in [0.15, 0.2) is 0 Å². The summed E-state index contributed by atoms with van der Waals surface area (Å²) in [6, 6.07) is 2.23. The van der Waals surface area contributed by atoms with E-state index < -0.39 is 0 Å². The van der Waals surface area contributed by atoms with Gasteiger partial charge in [0.05, 0.1) is 17.9 Å². The van der Waals surface area contributed by atoms with E-state index in [-0.39, 0.29) is 6.04 Å². The Kier molecular flexibility index (Phi) is 11.4. The molecule has 0 radical (unpaired) electrons. The van der Waals surface area contributed by atoms with Gasteiger partial charge in [-0.3, -0.25) is 4.98 Å². The summed E-state index contributed by atoms with van der Waals surface area (Å²) in [7, 11) is 1.64. The lowest BCUT2D eigenvalue weighted by molar-refractivity contribution is 0.706. The largest absolute Gasteiger partial charge is 0.405 e. The molecule has 1 aromatic heterocycles. The summed E-state index contributed by atoms with van der Waals surface area (Å²) in [6.45, 7) is 15.2. The van der Waals surface area contributed by atoms with E-state index in [2.05, 4.69) is 60.4 Å². The molecule has 2 unspecified atom stereocenters. The van der Waals surface area contributed by atoms with Crippen molar-refractivity contribution in [3.8, 4) is 0 Å². The van der Waals surface area contributed by atoms with Crippen molar-refractivity contribution in [1.29, 1.82) is 0 Å². The number of aryl methyl sites for hydroxylation is 1. The highest BCUT2D eigenvalue weighted by Gasteiger charge is 2.27. The molecule has 0 saturated carbocycles. The minimum atomic E-state index is 0.207. The van der Waals surface area contributed by atoms with Crippen LogP contribution in [0.1, 0.15) is 26.3 Å². The van der Waals surface area contributed by atoms with Gasteiger partial charge in [-0.1, -0.05) is 37.6 Å². The number of pyridine rings is 1. The zero-order valence-corrected chi connectivity index (χ0v) is 16.2. The summed E-state index contributed by atoms with van der Waals surface area (Å²) >= 11 is 0. The Morgan fingerprint density at radius 3 is 2.56 bits per heavy atom. The van der Waals surface area contributed by atoms with Gasteiger partial charge in [-0.2, -0.15) is 0 Å². The van der Waals surface area contributed by atoms with Gasteiger partial charge < -0.3 is 15.6 Å². The van der Waals surface area contributed by atoms with Gasteiger partial charge in [-0.05, 0) is 44.5 Å². The van der Waals surface area contributed by atoms with Crippen LogP contribution in [0.15, 0.2) is 72.3 Å². The molecule has 0 aliphatic carbocycles. The maximum Gasteiger partial charge on any atom is 0.0628 e. The summed E-state index contributed by atoms with van der Waals surface area (Å²) in [5.74, 6) is 0.295. The van der Waals surface area contributed by atoms with Crippen molar-refractivity contribution in [3.05, 3.63) is 72.9 Å². The lowest BCUT2D eigenvalue weighted by Gasteiger charge is -2.27. The number of nitrogens with two attached hydrogens (primary N) is 1. The number of allylic oxidation sites excluding steroid dienone is 2. The lowest BCUT2D eigenvalue weighted by Crippen LogP contribution is -2.29. The Hall–Kier alpha value is -2.62. The third-order valence-electron chi connectivity index (χ3n) is 3.53. The number of hydrogen-bond donors (Lipinski definition) is 1. The number of hydrogen-bond acceptors (Lipinski definition) is 4. The number of rotatable bonds is 4. The highest BCUT2D eigenvalue weighted by atomic mass is 15.2. The van der Waals surface area contributed by atoms with Gasteiger partial charge in [0.1, 0.15) is 0 Å². The average Bonchev–Trinajstić information content (AvgIpc) is 3.00. The fourth-order valence-corrected chi connectivity index (χ4v) is 2.49. The maximum atomic E-state index is 5.43. The van der Waals surface area contributed by atoms with Crippen LogP contribution in [0.2, 0.25) is 0 Å². The Morgan fingerprint density at radius 2 is 2.04 bits per heavy atom. The van der Waals surface area contributed by atoms with Crippen molar-refractivity contribution in [1.82, 2.24) is 4.98 Å². The number of anilines is 1. The van der Waals surface area contributed by atoms with Crippen LogP contribution in [0.4, 0.5) is 5.69 Å². The van der Waals surface area contributed by atoms with E-state index in [4.69, 9.17) is 5.73 Å². The molecule has 0 fully saturated rings. The molecule has 25 heavy (non-hydrogen) atoms. The Balaban J connectivity index is 0.00000104. The first-order valence-electron chi connectivity index (χ1n) is 8.50. The first-order valence-corrected chi connectivity index (χ1v) is 8.50. The van der Waals surface area contributed by atoms with Gasteiger partial charge in [-0.15, -0.1) is 6.58 Å². The first kappa shape index (κ1) is 22.4. The van der Waals surface area contributed by atoms with Crippen LogP contribution in [-0.2, 0) is 0 Å². The molecule has 2 rings (SSSR count). The van der Waals surface area contributed by atoms with Crippen LogP contribution in [0.3, 0.4) is 0 Å². The first-order chi connectivity index (χ1) is 12.1. The number of aliphatic imine (C=N–C) groups is 1. The Labute approximate surface area is 153 Å². The minimum absolute atomic E-state index is 0.207. The Morgan fingerprint density at radius 1 is 1.40 bits per heavy atom. The summed E-state index contributed by atoms with van der Waals surface area (Å²) in [5.41, 5.74) is 8.91. The van der Waals surface area contributed by atoms with Crippen LogP contribution in [0.25, 0.3) is 0 Å². The molecule has 136 valence electrons. The van der Waals surface area contributed by atoms with Gasteiger partial charge >= 0.3 is 0 Å². The van der Waals surface area contributed by atoms with Crippen molar-refractivity contribution >= 4 is 12.4 Å². The van der Waals surface area contributed by atoms with E-state index in [1.54, 1.807) is 13.2 Å². The van der Waals surface area contributed by atoms with E-state index in [1.165, 1.54) is 5.56 Å². The zero-order chi connectivity index (χ0) is 19.2.